The third-order valence-corrected chi connectivity index (χ3v) is 3.40. The lowest BCUT2D eigenvalue weighted by atomic mass is 10.0. The second-order valence-electron chi connectivity index (χ2n) is 3.77. The van der Waals surface area contributed by atoms with Crippen molar-refractivity contribution in [2.45, 2.75) is 13.3 Å². The molecule has 0 unspecified atom stereocenters. The highest BCUT2D eigenvalue weighted by atomic mass is 79.9. The van der Waals surface area contributed by atoms with Crippen LogP contribution in [-0.4, -0.2) is 33.6 Å². The van der Waals surface area contributed by atoms with Gasteiger partial charge < -0.3 is 14.8 Å². The zero-order chi connectivity index (χ0) is 13.7. The van der Waals surface area contributed by atoms with E-state index in [1.807, 2.05) is 13.0 Å². The second kappa shape index (κ2) is 6.75. The summed E-state index contributed by atoms with van der Waals surface area (Å²) < 4.78 is 11.3. The van der Waals surface area contributed by atoms with Crippen LogP contribution in [0.1, 0.15) is 22.8 Å². The third kappa shape index (κ3) is 2.84. The Morgan fingerprint density at radius 2 is 1.94 bits per heavy atom. The molecule has 1 aromatic carbocycles. The van der Waals surface area contributed by atoms with Crippen LogP contribution < -0.4 is 14.8 Å². The standard InChI is InChI=1S/C13H18BrNO3/c1-5-8-6-9(10(16)7-15-2)13(18-4)11(14)12(8)17-3/h6,15H,5,7H2,1-4H3. The lowest BCUT2D eigenvalue weighted by molar-refractivity contribution is 0.0990. The van der Waals surface area contributed by atoms with E-state index >= 15 is 0 Å². The number of likely N-dealkylation sites (N-methyl/N-ethyl adjacent to an activating group) is 1. The van der Waals surface area contributed by atoms with E-state index in [9.17, 15) is 4.79 Å². The van der Waals surface area contributed by atoms with Gasteiger partial charge in [0, 0.05) is 0 Å². The molecule has 0 heterocycles. The van der Waals surface area contributed by atoms with Gasteiger partial charge in [-0.1, -0.05) is 6.92 Å². The molecule has 5 heteroatoms. The van der Waals surface area contributed by atoms with Crippen molar-refractivity contribution in [3.8, 4) is 11.5 Å². The van der Waals surface area contributed by atoms with Gasteiger partial charge >= 0.3 is 0 Å². The number of carbonyl (C=O) groups is 1. The molecule has 100 valence electrons. The van der Waals surface area contributed by atoms with Crippen LogP contribution in [-0.2, 0) is 6.42 Å². The Morgan fingerprint density at radius 1 is 1.33 bits per heavy atom. The van der Waals surface area contributed by atoms with Gasteiger partial charge in [-0.3, -0.25) is 4.79 Å². The molecule has 0 aliphatic carbocycles. The van der Waals surface area contributed by atoms with Gasteiger partial charge in [0.05, 0.1) is 26.3 Å². The molecule has 1 aromatic rings. The summed E-state index contributed by atoms with van der Waals surface area (Å²) in [6, 6.07) is 1.84. The number of carbonyl (C=O) groups excluding carboxylic acids is 1. The predicted octanol–water partition coefficient (Wildman–Crippen LogP) is 2.43. The van der Waals surface area contributed by atoms with E-state index < -0.39 is 0 Å². The molecule has 0 atom stereocenters. The van der Waals surface area contributed by atoms with Gasteiger partial charge in [0.15, 0.2) is 5.78 Å². The second-order valence-corrected chi connectivity index (χ2v) is 4.56. The van der Waals surface area contributed by atoms with Gasteiger partial charge in [-0.25, -0.2) is 0 Å². The van der Waals surface area contributed by atoms with Crippen LogP contribution in [0.4, 0.5) is 0 Å². The first-order valence-corrected chi connectivity index (χ1v) is 6.51. The van der Waals surface area contributed by atoms with E-state index in [4.69, 9.17) is 9.47 Å². The van der Waals surface area contributed by atoms with Crippen molar-refractivity contribution in [3.05, 3.63) is 21.7 Å². The minimum Gasteiger partial charge on any atom is -0.495 e. The summed E-state index contributed by atoms with van der Waals surface area (Å²) in [5.41, 5.74) is 1.54. The normalized spacial score (nSPS) is 10.3. The first kappa shape index (κ1) is 15.0. The van der Waals surface area contributed by atoms with E-state index in [1.54, 1.807) is 21.3 Å². The maximum Gasteiger partial charge on any atom is 0.180 e. The molecule has 4 nitrogen and oxygen atoms in total. The van der Waals surface area contributed by atoms with Gasteiger partial charge in [-0.15, -0.1) is 0 Å². The van der Waals surface area contributed by atoms with Gasteiger partial charge in [-0.05, 0) is 41.0 Å². The van der Waals surface area contributed by atoms with Gasteiger partial charge in [0.25, 0.3) is 0 Å². The molecule has 18 heavy (non-hydrogen) atoms. The van der Waals surface area contributed by atoms with Crippen LogP contribution in [0.2, 0.25) is 0 Å². The third-order valence-electron chi connectivity index (χ3n) is 2.68. The zero-order valence-electron chi connectivity index (χ0n) is 11.1. The number of nitrogens with one attached hydrogen (secondary N) is 1. The van der Waals surface area contributed by atoms with Crippen LogP contribution in [0.3, 0.4) is 0 Å². The Labute approximate surface area is 116 Å². The fourth-order valence-electron chi connectivity index (χ4n) is 1.81. The van der Waals surface area contributed by atoms with E-state index in [1.165, 1.54) is 0 Å². The molecular formula is C13H18BrNO3. The van der Waals surface area contributed by atoms with Gasteiger partial charge in [0.2, 0.25) is 0 Å². The Bertz CT molecular complexity index is 446. The Morgan fingerprint density at radius 3 is 2.39 bits per heavy atom. The van der Waals surface area contributed by atoms with Crippen LogP contribution in [0.5, 0.6) is 11.5 Å². The van der Waals surface area contributed by atoms with Crippen molar-refractivity contribution in [1.29, 1.82) is 0 Å². The number of ketones is 1. The highest BCUT2D eigenvalue weighted by Gasteiger charge is 2.20. The molecule has 0 fully saturated rings. The summed E-state index contributed by atoms with van der Waals surface area (Å²) in [5, 5.41) is 2.85. The molecule has 0 amide bonds. The smallest absolute Gasteiger partial charge is 0.180 e. The largest absolute Gasteiger partial charge is 0.495 e. The van der Waals surface area contributed by atoms with Crippen LogP contribution in [0.25, 0.3) is 0 Å². The Hall–Kier alpha value is -1.07. The average molecular weight is 316 g/mol. The number of benzene rings is 1. The number of hydrogen-bond acceptors (Lipinski definition) is 4. The summed E-state index contributed by atoms with van der Waals surface area (Å²) in [6.07, 6.45) is 0.783. The molecule has 0 saturated carbocycles. The van der Waals surface area contributed by atoms with Crippen LogP contribution in [0, 0.1) is 0 Å². The Balaban J connectivity index is 3.42. The number of hydrogen-bond donors (Lipinski definition) is 1. The number of ether oxygens (including phenoxy) is 2. The van der Waals surface area contributed by atoms with E-state index in [2.05, 4.69) is 21.2 Å². The molecule has 0 aliphatic rings. The maximum atomic E-state index is 12.0. The molecular weight excluding hydrogens is 298 g/mol. The van der Waals surface area contributed by atoms with Crippen molar-refractivity contribution in [2.24, 2.45) is 0 Å². The monoisotopic (exact) mass is 315 g/mol. The number of aryl methyl sites for hydroxylation is 1. The first-order chi connectivity index (χ1) is 8.60. The number of Topliss-reactive ketones (excluding diaryl/α,β-unsaturated/α-hetero) is 1. The van der Waals surface area contributed by atoms with Gasteiger partial charge in [-0.2, -0.15) is 0 Å². The fourth-order valence-corrected chi connectivity index (χ4v) is 2.61. The quantitative estimate of drug-likeness (QED) is 0.819. The summed E-state index contributed by atoms with van der Waals surface area (Å²) in [5.74, 6) is 1.23. The highest BCUT2D eigenvalue weighted by Crippen LogP contribution is 2.40. The lowest BCUT2D eigenvalue weighted by Gasteiger charge is -2.16. The zero-order valence-corrected chi connectivity index (χ0v) is 12.7. The predicted molar refractivity (Wildman–Crippen MR) is 74.9 cm³/mol. The van der Waals surface area contributed by atoms with Crippen molar-refractivity contribution in [1.82, 2.24) is 5.32 Å². The molecule has 0 aliphatic heterocycles. The fraction of sp³-hybridized carbons (Fsp3) is 0.462. The molecule has 0 spiro atoms. The number of methoxy groups -OCH3 is 2. The molecule has 0 bridgehead atoms. The summed E-state index contributed by atoms with van der Waals surface area (Å²) in [4.78, 5) is 12.0. The highest BCUT2D eigenvalue weighted by molar-refractivity contribution is 9.10. The minimum atomic E-state index is -0.00703. The molecule has 1 N–H and O–H groups in total. The number of halogens is 1. The number of rotatable bonds is 6. The van der Waals surface area contributed by atoms with Crippen molar-refractivity contribution < 1.29 is 14.3 Å². The van der Waals surface area contributed by atoms with E-state index in [-0.39, 0.29) is 12.3 Å². The topological polar surface area (TPSA) is 47.6 Å². The Kier molecular flexibility index (Phi) is 5.62. The molecule has 0 aromatic heterocycles. The van der Waals surface area contributed by atoms with E-state index in [0.717, 1.165) is 17.7 Å². The first-order valence-electron chi connectivity index (χ1n) is 5.71. The molecule has 0 saturated heterocycles. The maximum absolute atomic E-state index is 12.0. The molecule has 0 radical (unpaired) electrons. The van der Waals surface area contributed by atoms with Crippen molar-refractivity contribution in [3.63, 3.8) is 0 Å². The summed E-state index contributed by atoms with van der Waals surface area (Å²) in [7, 11) is 4.89. The van der Waals surface area contributed by atoms with Crippen LogP contribution in [0.15, 0.2) is 10.5 Å². The summed E-state index contributed by atoms with van der Waals surface area (Å²) >= 11 is 3.44. The van der Waals surface area contributed by atoms with Gasteiger partial charge in [0.1, 0.15) is 16.0 Å². The minimum absolute atomic E-state index is 0.00703. The van der Waals surface area contributed by atoms with Crippen molar-refractivity contribution >= 4 is 21.7 Å². The summed E-state index contributed by atoms with van der Waals surface area (Å²) in [6.45, 7) is 2.29. The average Bonchev–Trinajstić information content (AvgIpc) is 2.37. The lowest BCUT2D eigenvalue weighted by Crippen LogP contribution is -2.19. The SMILES string of the molecule is CCc1cc(C(=O)CNC)c(OC)c(Br)c1OC. The van der Waals surface area contributed by atoms with Crippen molar-refractivity contribution in [2.75, 3.05) is 27.8 Å². The molecule has 1 rings (SSSR count). The van der Waals surface area contributed by atoms with E-state index in [0.29, 0.717) is 15.8 Å². The van der Waals surface area contributed by atoms with Crippen LogP contribution >= 0.6 is 15.9 Å².